The van der Waals surface area contributed by atoms with Crippen molar-refractivity contribution < 1.29 is 14.3 Å². The van der Waals surface area contributed by atoms with E-state index in [1.54, 1.807) is 24.3 Å². The van der Waals surface area contributed by atoms with Crippen LogP contribution in [0.1, 0.15) is 32.4 Å². The highest BCUT2D eigenvalue weighted by Crippen LogP contribution is 2.19. The number of nitrogens with two attached hydrogens (primary N) is 1. The van der Waals surface area contributed by atoms with Gasteiger partial charge in [0, 0.05) is 0 Å². The lowest BCUT2D eigenvalue weighted by molar-refractivity contribution is -0.145. The second-order valence-corrected chi connectivity index (χ2v) is 5.72. The molecule has 3 N–H and O–H groups in total. The van der Waals surface area contributed by atoms with Crippen molar-refractivity contribution in [2.24, 2.45) is 11.1 Å². The molecule has 0 saturated carbocycles. The van der Waals surface area contributed by atoms with Crippen LogP contribution in [0.3, 0.4) is 0 Å². The summed E-state index contributed by atoms with van der Waals surface area (Å²) in [5.41, 5.74) is 6.17. The molecule has 0 aliphatic rings. The van der Waals surface area contributed by atoms with Crippen molar-refractivity contribution in [2.75, 3.05) is 7.11 Å². The quantitative estimate of drug-likeness (QED) is 0.815. The molecule has 0 radical (unpaired) electrons. The summed E-state index contributed by atoms with van der Waals surface area (Å²) in [7, 11) is 1.29. The van der Waals surface area contributed by atoms with E-state index >= 15 is 0 Å². The van der Waals surface area contributed by atoms with E-state index in [1.165, 1.54) is 7.11 Å². The number of esters is 1. The van der Waals surface area contributed by atoms with E-state index in [0.29, 0.717) is 5.56 Å². The van der Waals surface area contributed by atoms with Gasteiger partial charge in [0.25, 0.3) is 0 Å². The summed E-state index contributed by atoms with van der Waals surface area (Å²) in [6.45, 7) is 5.60. The largest absolute Gasteiger partial charge is 0.467 e. The number of benzene rings is 1. The van der Waals surface area contributed by atoms with Gasteiger partial charge in [-0.05, 0) is 11.0 Å². The first-order chi connectivity index (χ1) is 9.27. The topological polar surface area (TPSA) is 81.4 Å². The molecule has 0 aromatic heterocycles. The number of ether oxygens (including phenoxy) is 1. The third-order valence-electron chi connectivity index (χ3n) is 3.07. The zero-order valence-corrected chi connectivity index (χ0v) is 12.3. The van der Waals surface area contributed by atoms with Crippen molar-refractivity contribution in [1.82, 2.24) is 5.32 Å². The van der Waals surface area contributed by atoms with Crippen molar-refractivity contribution in [2.45, 2.75) is 32.9 Å². The normalized spacial score (nSPS) is 14.2. The molecule has 0 heterocycles. The first-order valence-corrected chi connectivity index (χ1v) is 6.46. The molecular formula is C15H22N2O3. The zero-order chi connectivity index (χ0) is 15.3. The maximum atomic E-state index is 12.1. The van der Waals surface area contributed by atoms with Crippen LogP contribution in [0.15, 0.2) is 30.3 Å². The van der Waals surface area contributed by atoms with Gasteiger partial charge < -0.3 is 15.8 Å². The molecule has 0 spiro atoms. The molecule has 0 unspecified atom stereocenters. The summed E-state index contributed by atoms with van der Waals surface area (Å²) >= 11 is 0. The molecule has 20 heavy (non-hydrogen) atoms. The summed E-state index contributed by atoms with van der Waals surface area (Å²) in [4.78, 5) is 24.0. The summed E-state index contributed by atoms with van der Waals surface area (Å²) in [5.74, 6) is -0.901. The summed E-state index contributed by atoms with van der Waals surface area (Å²) < 4.78 is 4.74. The van der Waals surface area contributed by atoms with Crippen LogP contribution in [-0.2, 0) is 14.3 Å². The van der Waals surface area contributed by atoms with Crippen molar-refractivity contribution in [3.63, 3.8) is 0 Å². The number of hydrogen-bond donors (Lipinski definition) is 2. The minimum Gasteiger partial charge on any atom is -0.467 e. The number of carbonyl (C=O) groups excluding carboxylic acids is 2. The minimum atomic E-state index is -0.845. The van der Waals surface area contributed by atoms with Crippen LogP contribution >= 0.6 is 0 Å². The Morgan fingerprint density at radius 2 is 1.75 bits per heavy atom. The van der Waals surface area contributed by atoms with Gasteiger partial charge in [0.05, 0.1) is 13.2 Å². The summed E-state index contributed by atoms with van der Waals surface area (Å²) in [5, 5.41) is 2.65. The van der Waals surface area contributed by atoms with Gasteiger partial charge in [0.1, 0.15) is 0 Å². The Morgan fingerprint density at radius 3 is 2.20 bits per heavy atom. The first kappa shape index (κ1) is 16.2. The molecule has 1 aromatic carbocycles. The van der Waals surface area contributed by atoms with E-state index in [4.69, 9.17) is 10.5 Å². The third-order valence-corrected chi connectivity index (χ3v) is 3.07. The molecule has 110 valence electrons. The Bertz CT molecular complexity index is 466. The van der Waals surface area contributed by atoms with Crippen LogP contribution in [0.5, 0.6) is 0 Å². The molecule has 0 aliphatic heterocycles. The van der Waals surface area contributed by atoms with Gasteiger partial charge in [-0.25, -0.2) is 4.79 Å². The van der Waals surface area contributed by atoms with Gasteiger partial charge in [-0.2, -0.15) is 0 Å². The van der Waals surface area contributed by atoms with E-state index in [0.717, 1.165) is 0 Å². The van der Waals surface area contributed by atoms with Crippen molar-refractivity contribution in [3.8, 4) is 0 Å². The first-order valence-electron chi connectivity index (χ1n) is 6.46. The van der Waals surface area contributed by atoms with Crippen LogP contribution in [0.2, 0.25) is 0 Å². The number of rotatable bonds is 4. The molecule has 1 amide bonds. The molecule has 0 aliphatic carbocycles. The van der Waals surface area contributed by atoms with Crippen LogP contribution in [-0.4, -0.2) is 25.0 Å². The monoisotopic (exact) mass is 278 g/mol. The molecule has 5 nitrogen and oxygen atoms in total. The average molecular weight is 278 g/mol. The smallest absolute Gasteiger partial charge is 0.333 e. The van der Waals surface area contributed by atoms with Crippen LogP contribution in [0.4, 0.5) is 0 Å². The maximum Gasteiger partial charge on any atom is 0.333 e. The number of carbonyl (C=O) groups is 2. The molecular weight excluding hydrogens is 256 g/mol. The molecule has 0 saturated heterocycles. The molecule has 0 bridgehead atoms. The second-order valence-electron chi connectivity index (χ2n) is 5.72. The third kappa shape index (κ3) is 4.06. The fourth-order valence-corrected chi connectivity index (χ4v) is 1.67. The van der Waals surface area contributed by atoms with E-state index in [9.17, 15) is 9.59 Å². The van der Waals surface area contributed by atoms with E-state index < -0.39 is 18.1 Å². The minimum absolute atomic E-state index is 0.378. The second kappa shape index (κ2) is 6.52. The predicted octanol–water partition coefficient (Wildman–Crippen LogP) is 1.39. The van der Waals surface area contributed by atoms with Crippen LogP contribution < -0.4 is 11.1 Å². The summed E-state index contributed by atoms with van der Waals surface area (Å²) in [6, 6.07) is 7.37. The van der Waals surface area contributed by atoms with Crippen LogP contribution in [0, 0.1) is 5.41 Å². The highest BCUT2D eigenvalue weighted by Gasteiger charge is 2.31. The fourth-order valence-electron chi connectivity index (χ4n) is 1.67. The lowest BCUT2D eigenvalue weighted by Gasteiger charge is -2.27. The standard InChI is InChI=1S/C15H22N2O3/c1-15(2,3)12(16)13(18)17-11(14(19)20-4)10-8-6-5-7-9-10/h5-9,11-12H,16H2,1-4H3,(H,17,18)/t11-,12+/m0/s1. The number of methoxy groups -OCH3 is 1. The molecule has 5 heteroatoms. The highest BCUT2D eigenvalue weighted by atomic mass is 16.5. The molecule has 1 aromatic rings. The van der Waals surface area contributed by atoms with Gasteiger partial charge in [0.15, 0.2) is 6.04 Å². The van der Waals surface area contributed by atoms with Crippen molar-refractivity contribution in [3.05, 3.63) is 35.9 Å². The van der Waals surface area contributed by atoms with E-state index in [1.807, 2.05) is 26.8 Å². The lowest BCUT2D eigenvalue weighted by atomic mass is 9.86. The van der Waals surface area contributed by atoms with Gasteiger partial charge in [-0.3, -0.25) is 4.79 Å². The Balaban J connectivity index is 2.93. The van der Waals surface area contributed by atoms with Crippen LogP contribution in [0.25, 0.3) is 0 Å². The Labute approximate surface area is 119 Å². The number of hydrogen-bond acceptors (Lipinski definition) is 4. The average Bonchev–Trinajstić information content (AvgIpc) is 2.42. The van der Waals surface area contributed by atoms with Gasteiger partial charge in [-0.15, -0.1) is 0 Å². The Morgan fingerprint density at radius 1 is 1.20 bits per heavy atom. The van der Waals surface area contributed by atoms with E-state index in [2.05, 4.69) is 5.32 Å². The van der Waals surface area contributed by atoms with Gasteiger partial charge in [-0.1, -0.05) is 51.1 Å². The highest BCUT2D eigenvalue weighted by molar-refractivity contribution is 5.88. The van der Waals surface area contributed by atoms with Crippen molar-refractivity contribution >= 4 is 11.9 Å². The molecule has 0 fully saturated rings. The predicted molar refractivity (Wildman–Crippen MR) is 76.8 cm³/mol. The maximum absolute atomic E-state index is 12.1. The fraction of sp³-hybridized carbons (Fsp3) is 0.467. The number of amides is 1. The van der Waals surface area contributed by atoms with Gasteiger partial charge >= 0.3 is 5.97 Å². The molecule has 2 atom stereocenters. The van der Waals surface area contributed by atoms with E-state index in [-0.39, 0.29) is 11.3 Å². The zero-order valence-electron chi connectivity index (χ0n) is 12.3. The van der Waals surface area contributed by atoms with Gasteiger partial charge in [0.2, 0.25) is 5.91 Å². The summed E-state index contributed by atoms with van der Waals surface area (Å²) in [6.07, 6.45) is 0. The molecule has 1 rings (SSSR count). The number of nitrogens with one attached hydrogen (secondary N) is 1. The lowest BCUT2D eigenvalue weighted by Crippen LogP contribution is -2.50. The SMILES string of the molecule is COC(=O)[C@@H](NC(=O)[C@@H](N)C(C)(C)C)c1ccccc1. The Hall–Kier alpha value is -1.88. The Kier molecular flexibility index (Phi) is 5.27. The van der Waals surface area contributed by atoms with Crippen molar-refractivity contribution in [1.29, 1.82) is 0 Å².